The molecule has 2 aliphatic rings. The van der Waals surface area contributed by atoms with Gasteiger partial charge in [-0.05, 0) is 53.7 Å². The van der Waals surface area contributed by atoms with Crippen LogP contribution in [0.4, 0.5) is 0 Å². The molecule has 2 heterocycles. The molecule has 102 valence electrons. The third kappa shape index (κ3) is 2.30. The zero-order valence-electron chi connectivity index (χ0n) is 10.4. The lowest BCUT2D eigenvalue weighted by molar-refractivity contribution is 0.0287. The summed E-state index contributed by atoms with van der Waals surface area (Å²) in [4.78, 5) is 14.6. The van der Waals surface area contributed by atoms with Gasteiger partial charge in [0.1, 0.15) is 0 Å². The molecular formula is C14H15BrClNO2. The van der Waals surface area contributed by atoms with E-state index < -0.39 is 0 Å². The fraction of sp³-hybridized carbons (Fsp3) is 0.500. The van der Waals surface area contributed by atoms with Crippen molar-refractivity contribution in [3.63, 3.8) is 0 Å². The number of hydrogen-bond acceptors (Lipinski definition) is 2. The summed E-state index contributed by atoms with van der Waals surface area (Å²) in [5.41, 5.74) is 0.546. The van der Waals surface area contributed by atoms with Gasteiger partial charge < -0.3 is 10.0 Å². The van der Waals surface area contributed by atoms with Crippen LogP contribution in [0.3, 0.4) is 0 Å². The summed E-state index contributed by atoms with van der Waals surface area (Å²) < 4.78 is 0.740. The van der Waals surface area contributed by atoms with E-state index in [1.165, 1.54) is 0 Å². The highest BCUT2D eigenvalue weighted by atomic mass is 79.9. The number of hydrogen-bond donors (Lipinski definition) is 1. The fourth-order valence-corrected chi connectivity index (χ4v) is 3.86. The second kappa shape index (κ2) is 5.08. The largest absolute Gasteiger partial charge is 0.393 e. The Balaban J connectivity index is 1.91. The topological polar surface area (TPSA) is 40.5 Å². The van der Waals surface area contributed by atoms with E-state index in [2.05, 4.69) is 15.9 Å². The average molecular weight is 345 g/mol. The first-order valence-corrected chi connectivity index (χ1v) is 7.69. The van der Waals surface area contributed by atoms with Gasteiger partial charge in [0.25, 0.3) is 5.91 Å². The van der Waals surface area contributed by atoms with Crippen molar-refractivity contribution in [1.29, 1.82) is 0 Å². The molecule has 1 aromatic carbocycles. The maximum atomic E-state index is 12.7. The van der Waals surface area contributed by atoms with Crippen LogP contribution in [-0.4, -0.2) is 34.1 Å². The Morgan fingerprint density at radius 3 is 2.58 bits per heavy atom. The number of rotatable bonds is 1. The fourth-order valence-electron chi connectivity index (χ4n) is 3.29. The van der Waals surface area contributed by atoms with Gasteiger partial charge in [0.15, 0.2) is 0 Å². The number of aliphatic hydroxyl groups excluding tert-OH is 1. The Morgan fingerprint density at radius 2 is 1.95 bits per heavy atom. The van der Waals surface area contributed by atoms with E-state index >= 15 is 0 Å². The minimum absolute atomic E-state index is 0.00861. The van der Waals surface area contributed by atoms with Gasteiger partial charge >= 0.3 is 0 Å². The van der Waals surface area contributed by atoms with E-state index in [4.69, 9.17) is 11.6 Å². The van der Waals surface area contributed by atoms with Crippen molar-refractivity contribution in [3.8, 4) is 0 Å². The second-order valence-corrected chi connectivity index (χ2v) is 6.56. The zero-order chi connectivity index (χ0) is 13.6. The summed E-state index contributed by atoms with van der Waals surface area (Å²) in [6.07, 6.45) is 3.08. The number of aliphatic hydroxyl groups is 1. The zero-order valence-corrected chi connectivity index (χ0v) is 12.7. The highest BCUT2D eigenvalue weighted by molar-refractivity contribution is 9.10. The third-order valence-corrected chi connectivity index (χ3v) is 5.42. The van der Waals surface area contributed by atoms with E-state index in [0.717, 1.165) is 17.3 Å². The second-order valence-electron chi connectivity index (χ2n) is 5.32. The molecule has 1 N–H and O–H groups in total. The first kappa shape index (κ1) is 13.4. The van der Waals surface area contributed by atoms with Gasteiger partial charge in [-0.3, -0.25) is 4.79 Å². The Bertz CT molecular complexity index is 508. The van der Waals surface area contributed by atoms with Gasteiger partial charge in [0.2, 0.25) is 0 Å². The number of piperidine rings is 1. The molecule has 2 aliphatic heterocycles. The van der Waals surface area contributed by atoms with E-state index in [0.29, 0.717) is 23.4 Å². The van der Waals surface area contributed by atoms with Crippen LogP contribution in [-0.2, 0) is 0 Å². The predicted molar refractivity (Wildman–Crippen MR) is 77.4 cm³/mol. The molecule has 2 unspecified atom stereocenters. The first-order chi connectivity index (χ1) is 9.08. The number of carbonyl (C=O) groups excluding carboxylic acids is 1. The molecule has 2 saturated heterocycles. The minimum Gasteiger partial charge on any atom is -0.393 e. The molecule has 2 fully saturated rings. The third-order valence-electron chi connectivity index (χ3n) is 4.12. The molecule has 2 bridgehead atoms. The highest BCUT2D eigenvalue weighted by Crippen LogP contribution is 2.38. The summed E-state index contributed by atoms with van der Waals surface area (Å²) in [7, 11) is 0. The first-order valence-electron chi connectivity index (χ1n) is 6.52. The molecule has 0 aromatic heterocycles. The van der Waals surface area contributed by atoms with Crippen molar-refractivity contribution >= 4 is 33.4 Å². The molecule has 5 heteroatoms. The van der Waals surface area contributed by atoms with E-state index in [1.807, 2.05) is 17.0 Å². The SMILES string of the molecule is O=C(c1cccc(Br)c1Cl)N1C2CCC1CC(O)C2. The summed E-state index contributed by atoms with van der Waals surface area (Å²) in [5, 5.41) is 10.3. The Hall–Kier alpha value is -0.580. The van der Waals surface area contributed by atoms with Crippen molar-refractivity contribution in [2.45, 2.75) is 43.9 Å². The van der Waals surface area contributed by atoms with Gasteiger partial charge in [-0.25, -0.2) is 0 Å². The summed E-state index contributed by atoms with van der Waals surface area (Å²) >= 11 is 9.56. The van der Waals surface area contributed by atoms with Crippen LogP contribution in [0.2, 0.25) is 5.02 Å². The number of carbonyl (C=O) groups is 1. The Morgan fingerprint density at radius 1 is 1.32 bits per heavy atom. The molecule has 2 atom stereocenters. The standard InChI is InChI=1S/C14H15BrClNO2/c15-12-3-1-2-11(13(12)16)14(19)17-8-4-5-9(17)7-10(18)6-8/h1-3,8-10,18H,4-7H2. The number of benzene rings is 1. The van der Waals surface area contributed by atoms with Gasteiger partial charge in [-0.2, -0.15) is 0 Å². The summed E-state index contributed by atoms with van der Waals surface area (Å²) in [6, 6.07) is 5.74. The molecule has 1 aromatic rings. The summed E-state index contributed by atoms with van der Waals surface area (Å²) in [5.74, 6) is -0.00861. The van der Waals surface area contributed by atoms with Crippen molar-refractivity contribution in [1.82, 2.24) is 4.90 Å². The quantitative estimate of drug-likeness (QED) is 0.850. The lowest BCUT2D eigenvalue weighted by Crippen LogP contribution is -2.48. The number of halogens is 2. The average Bonchev–Trinajstić information content (AvgIpc) is 2.64. The van der Waals surface area contributed by atoms with E-state index in [-0.39, 0.29) is 24.1 Å². The van der Waals surface area contributed by atoms with Gasteiger partial charge in [-0.15, -0.1) is 0 Å². The molecule has 0 radical (unpaired) electrons. The van der Waals surface area contributed by atoms with Crippen LogP contribution in [0, 0.1) is 0 Å². The van der Waals surface area contributed by atoms with Gasteiger partial charge in [0, 0.05) is 16.6 Å². The van der Waals surface area contributed by atoms with Crippen LogP contribution in [0.1, 0.15) is 36.0 Å². The van der Waals surface area contributed by atoms with Gasteiger partial charge in [-0.1, -0.05) is 17.7 Å². The number of amides is 1. The molecule has 3 rings (SSSR count). The lowest BCUT2D eigenvalue weighted by Gasteiger charge is -2.37. The van der Waals surface area contributed by atoms with Crippen molar-refractivity contribution in [2.24, 2.45) is 0 Å². The summed E-state index contributed by atoms with van der Waals surface area (Å²) in [6.45, 7) is 0. The van der Waals surface area contributed by atoms with Crippen LogP contribution in [0.15, 0.2) is 22.7 Å². The van der Waals surface area contributed by atoms with Crippen molar-refractivity contribution in [3.05, 3.63) is 33.3 Å². The molecule has 0 spiro atoms. The van der Waals surface area contributed by atoms with E-state index in [1.54, 1.807) is 6.07 Å². The van der Waals surface area contributed by atoms with Gasteiger partial charge in [0.05, 0.1) is 16.7 Å². The lowest BCUT2D eigenvalue weighted by atomic mass is 9.99. The molecule has 0 aliphatic carbocycles. The maximum absolute atomic E-state index is 12.7. The van der Waals surface area contributed by atoms with Crippen LogP contribution >= 0.6 is 27.5 Å². The van der Waals surface area contributed by atoms with Crippen molar-refractivity contribution in [2.75, 3.05) is 0 Å². The monoisotopic (exact) mass is 343 g/mol. The van der Waals surface area contributed by atoms with Crippen LogP contribution in [0.25, 0.3) is 0 Å². The highest BCUT2D eigenvalue weighted by Gasteiger charge is 2.43. The van der Waals surface area contributed by atoms with E-state index in [9.17, 15) is 9.90 Å². The number of fused-ring (bicyclic) bond motifs is 2. The predicted octanol–water partition coefficient (Wildman–Crippen LogP) is 3.23. The van der Waals surface area contributed by atoms with Crippen LogP contribution < -0.4 is 0 Å². The molecular weight excluding hydrogens is 330 g/mol. The minimum atomic E-state index is -0.264. The Labute approximate surface area is 125 Å². The molecule has 1 amide bonds. The normalized spacial score (nSPS) is 29.6. The molecule has 0 saturated carbocycles. The van der Waals surface area contributed by atoms with Crippen LogP contribution in [0.5, 0.6) is 0 Å². The van der Waals surface area contributed by atoms with Crippen molar-refractivity contribution < 1.29 is 9.90 Å². The molecule has 3 nitrogen and oxygen atoms in total. The number of nitrogens with zero attached hydrogens (tertiary/aromatic N) is 1. The Kier molecular flexibility index (Phi) is 3.58. The molecule has 19 heavy (non-hydrogen) atoms. The smallest absolute Gasteiger partial charge is 0.255 e. The maximum Gasteiger partial charge on any atom is 0.255 e.